The molecule has 2 atom stereocenters. The van der Waals surface area contributed by atoms with Crippen LogP contribution in [-0.4, -0.2) is 46.8 Å². The molecule has 2 aromatic rings. The number of piperidine rings is 1. The summed E-state index contributed by atoms with van der Waals surface area (Å²) >= 11 is 3.16. The molecule has 2 fully saturated rings. The van der Waals surface area contributed by atoms with E-state index in [2.05, 4.69) is 20.9 Å². The number of oxazole rings is 1. The number of benzene rings is 1. The summed E-state index contributed by atoms with van der Waals surface area (Å²) in [5, 5.41) is 0. The molecular weight excluding hydrogens is 467 g/mol. The van der Waals surface area contributed by atoms with E-state index in [1.54, 1.807) is 0 Å². The van der Waals surface area contributed by atoms with Gasteiger partial charge in [0, 0.05) is 13.1 Å². The second-order valence-electron chi connectivity index (χ2n) is 8.83. The molecule has 2 aliphatic heterocycles. The maximum absolute atomic E-state index is 13.1. The van der Waals surface area contributed by atoms with Crippen molar-refractivity contribution < 1.29 is 27.1 Å². The highest BCUT2D eigenvalue weighted by molar-refractivity contribution is 9.10. The molecule has 164 valence electrons. The Balaban J connectivity index is 1.60. The number of alkyl halides is 3. The fourth-order valence-electron chi connectivity index (χ4n) is 4.16. The molecule has 30 heavy (non-hydrogen) atoms. The van der Waals surface area contributed by atoms with Gasteiger partial charge in [0.05, 0.1) is 22.1 Å². The molecule has 1 amide bonds. The summed E-state index contributed by atoms with van der Waals surface area (Å²) in [6.45, 7) is 6.49. The Morgan fingerprint density at radius 3 is 2.40 bits per heavy atom. The van der Waals surface area contributed by atoms with Gasteiger partial charge in [0.25, 0.3) is 6.01 Å². The van der Waals surface area contributed by atoms with Crippen molar-refractivity contribution >= 4 is 39.1 Å². The van der Waals surface area contributed by atoms with Crippen LogP contribution in [-0.2, 0) is 10.9 Å². The first-order valence-corrected chi connectivity index (χ1v) is 10.7. The molecule has 4 rings (SSSR count). The van der Waals surface area contributed by atoms with E-state index in [9.17, 15) is 18.0 Å². The first-order valence-electron chi connectivity index (χ1n) is 9.86. The van der Waals surface area contributed by atoms with Crippen LogP contribution in [0.1, 0.15) is 45.6 Å². The average molecular weight is 490 g/mol. The van der Waals surface area contributed by atoms with Crippen LogP contribution in [0.2, 0.25) is 0 Å². The van der Waals surface area contributed by atoms with Gasteiger partial charge in [-0.3, -0.25) is 4.90 Å². The zero-order valence-electron chi connectivity index (χ0n) is 16.9. The lowest BCUT2D eigenvalue weighted by molar-refractivity contribution is -0.137. The highest BCUT2D eigenvalue weighted by atomic mass is 79.9. The van der Waals surface area contributed by atoms with Crippen molar-refractivity contribution in [3.05, 3.63) is 22.2 Å². The van der Waals surface area contributed by atoms with Crippen LogP contribution >= 0.6 is 15.9 Å². The monoisotopic (exact) mass is 489 g/mol. The Kier molecular flexibility index (Phi) is 5.19. The molecule has 2 saturated heterocycles. The zero-order valence-corrected chi connectivity index (χ0v) is 18.5. The molecular formula is C20H23BrF3N3O3. The van der Waals surface area contributed by atoms with Crippen molar-refractivity contribution in [3.8, 4) is 0 Å². The molecule has 0 spiro atoms. The van der Waals surface area contributed by atoms with E-state index in [1.807, 2.05) is 30.6 Å². The summed E-state index contributed by atoms with van der Waals surface area (Å²) in [5.74, 6) is 0. The van der Waals surface area contributed by atoms with E-state index in [0.717, 1.165) is 31.4 Å². The number of hydrogen-bond donors (Lipinski definition) is 0. The number of carbonyl (C=O) groups excluding carboxylic acids is 1. The van der Waals surface area contributed by atoms with Crippen LogP contribution in [0.25, 0.3) is 11.1 Å². The summed E-state index contributed by atoms with van der Waals surface area (Å²) < 4.78 is 50.9. The third-order valence-electron chi connectivity index (χ3n) is 5.36. The van der Waals surface area contributed by atoms with Gasteiger partial charge in [0.15, 0.2) is 5.58 Å². The van der Waals surface area contributed by atoms with Crippen molar-refractivity contribution in [1.29, 1.82) is 0 Å². The van der Waals surface area contributed by atoms with Gasteiger partial charge in [-0.25, -0.2) is 4.79 Å². The Labute approximate surface area is 180 Å². The summed E-state index contributed by atoms with van der Waals surface area (Å²) in [6, 6.07) is 2.14. The largest absolute Gasteiger partial charge is 0.444 e. The number of nitrogens with zero attached hydrogens (tertiary/aromatic N) is 3. The maximum Gasteiger partial charge on any atom is 0.416 e. The third kappa shape index (κ3) is 4.10. The van der Waals surface area contributed by atoms with Gasteiger partial charge < -0.3 is 14.1 Å². The minimum atomic E-state index is -4.47. The predicted octanol–water partition coefficient (Wildman–Crippen LogP) is 5.59. The number of aromatic nitrogens is 1. The number of anilines is 1. The highest BCUT2D eigenvalue weighted by Crippen LogP contribution is 2.38. The van der Waals surface area contributed by atoms with Gasteiger partial charge in [0.1, 0.15) is 11.1 Å². The quantitative estimate of drug-likeness (QED) is 0.522. The average Bonchev–Trinajstić information content (AvgIpc) is 3.03. The van der Waals surface area contributed by atoms with Crippen LogP contribution < -0.4 is 4.90 Å². The molecule has 1 aromatic heterocycles. The van der Waals surface area contributed by atoms with Crippen LogP contribution in [0.15, 0.2) is 21.0 Å². The van der Waals surface area contributed by atoms with Gasteiger partial charge in [-0.15, -0.1) is 0 Å². The van der Waals surface area contributed by atoms with E-state index >= 15 is 0 Å². The highest BCUT2D eigenvalue weighted by Gasteiger charge is 2.43. The molecule has 10 heteroatoms. The predicted molar refractivity (Wildman–Crippen MR) is 108 cm³/mol. The van der Waals surface area contributed by atoms with Crippen LogP contribution in [0.3, 0.4) is 0 Å². The molecule has 0 radical (unpaired) electrons. The third-order valence-corrected chi connectivity index (χ3v) is 5.95. The Bertz CT molecular complexity index is 956. The van der Waals surface area contributed by atoms with E-state index < -0.39 is 17.3 Å². The Hall–Kier alpha value is -1.97. The number of carbonyl (C=O) groups is 1. The van der Waals surface area contributed by atoms with Gasteiger partial charge >= 0.3 is 12.3 Å². The summed E-state index contributed by atoms with van der Waals surface area (Å²) in [5.41, 5.74) is -0.942. The number of fused-ring (bicyclic) bond motifs is 3. The minimum absolute atomic E-state index is 0.0588. The molecule has 2 aliphatic rings. The molecule has 3 heterocycles. The molecule has 1 aromatic carbocycles. The number of piperazine rings is 1. The molecule has 2 unspecified atom stereocenters. The van der Waals surface area contributed by atoms with Crippen LogP contribution in [0, 0.1) is 0 Å². The van der Waals surface area contributed by atoms with E-state index in [-0.39, 0.29) is 39.8 Å². The normalized spacial score (nSPS) is 22.5. The minimum Gasteiger partial charge on any atom is -0.444 e. The van der Waals surface area contributed by atoms with Gasteiger partial charge in [-0.05, 0) is 68.1 Å². The van der Waals surface area contributed by atoms with Crippen molar-refractivity contribution in [2.75, 3.05) is 18.0 Å². The van der Waals surface area contributed by atoms with Crippen molar-refractivity contribution in [2.45, 2.75) is 63.9 Å². The zero-order chi connectivity index (χ0) is 21.8. The van der Waals surface area contributed by atoms with Crippen molar-refractivity contribution in [2.24, 2.45) is 0 Å². The van der Waals surface area contributed by atoms with E-state index in [0.29, 0.717) is 13.1 Å². The van der Waals surface area contributed by atoms with Crippen LogP contribution in [0.5, 0.6) is 0 Å². The first kappa shape index (κ1) is 21.3. The SMILES string of the molecule is CC(C)(C)OC(=O)N1C2CCCC1CN(c1nc3cc(C(F)(F)F)cc(Br)c3o1)C2. The van der Waals surface area contributed by atoms with E-state index in [4.69, 9.17) is 9.15 Å². The maximum atomic E-state index is 13.1. The smallest absolute Gasteiger partial charge is 0.416 e. The first-order chi connectivity index (χ1) is 13.9. The fourth-order valence-corrected chi connectivity index (χ4v) is 4.69. The number of halogens is 4. The summed E-state index contributed by atoms with van der Waals surface area (Å²) in [4.78, 5) is 20.8. The van der Waals surface area contributed by atoms with Crippen molar-refractivity contribution in [1.82, 2.24) is 9.88 Å². The molecule has 0 N–H and O–H groups in total. The molecule has 0 saturated carbocycles. The lowest BCUT2D eigenvalue weighted by Gasteiger charge is -2.49. The molecule has 2 bridgehead atoms. The Morgan fingerprint density at radius 2 is 1.83 bits per heavy atom. The van der Waals surface area contributed by atoms with Gasteiger partial charge in [-0.1, -0.05) is 0 Å². The topological polar surface area (TPSA) is 58.8 Å². The van der Waals surface area contributed by atoms with Crippen molar-refractivity contribution in [3.63, 3.8) is 0 Å². The standard InChI is InChI=1S/C20H23BrF3N3O3/c1-19(2,3)30-18(28)27-12-5-4-6-13(27)10-26(9-12)17-25-15-8-11(20(22,23)24)7-14(21)16(15)29-17/h7-8,12-13H,4-6,9-10H2,1-3H3. The summed E-state index contributed by atoms with van der Waals surface area (Å²) in [7, 11) is 0. The second kappa shape index (κ2) is 7.32. The Morgan fingerprint density at radius 1 is 1.20 bits per heavy atom. The second-order valence-corrected chi connectivity index (χ2v) is 9.69. The van der Waals surface area contributed by atoms with Gasteiger partial charge in [0.2, 0.25) is 0 Å². The fraction of sp³-hybridized carbons (Fsp3) is 0.600. The van der Waals surface area contributed by atoms with Gasteiger partial charge in [-0.2, -0.15) is 18.2 Å². The number of hydrogen-bond acceptors (Lipinski definition) is 5. The summed E-state index contributed by atoms with van der Waals surface area (Å²) in [6.07, 6.45) is -2.13. The molecule has 6 nitrogen and oxygen atoms in total. The van der Waals surface area contributed by atoms with Crippen LogP contribution in [0.4, 0.5) is 24.0 Å². The number of amides is 1. The van der Waals surface area contributed by atoms with E-state index in [1.165, 1.54) is 0 Å². The molecule has 0 aliphatic carbocycles. The lowest BCUT2D eigenvalue weighted by atomic mass is 9.92. The lowest BCUT2D eigenvalue weighted by Crippen LogP contribution is -2.63. The number of ether oxygens (including phenoxy) is 1. The number of rotatable bonds is 1.